The van der Waals surface area contributed by atoms with Gasteiger partial charge in [-0.1, -0.05) is 15.9 Å². The fourth-order valence-corrected chi connectivity index (χ4v) is 1.65. The second-order valence-electron chi connectivity index (χ2n) is 3.71. The third kappa shape index (κ3) is 2.60. The third-order valence-corrected chi connectivity index (χ3v) is 3.25. The molecule has 1 aromatic carbocycles. The van der Waals surface area contributed by atoms with Crippen LogP contribution in [-0.4, -0.2) is 4.98 Å². The number of nitrogen functional groups attached to an aromatic ring is 1. The molecule has 0 aliphatic rings. The van der Waals surface area contributed by atoms with E-state index in [0.717, 1.165) is 10.0 Å². The highest BCUT2D eigenvalue weighted by atomic mass is 79.9. The summed E-state index contributed by atoms with van der Waals surface area (Å²) in [6.07, 6.45) is 0. The maximum atomic E-state index is 8.84. The Bertz CT molecular complexity index is 635. The number of hydrogen-bond donors (Lipinski definition) is 1. The molecule has 0 atom stereocenters. The molecule has 0 aliphatic carbocycles. The van der Waals surface area contributed by atoms with Crippen molar-refractivity contribution in [2.45, 2.75) is 6.92 Å². The highest BCUT2D eigenvalue weighted by molar-refractivity contribution is 9.10. The predicted octanol–water partition coefficient (Wildman–Crippen LogP) is 3.40. The van der Waals surface area contributed by atoms with Crippen molar-refractivity contribution >= 4 is 21.6 Å². The van der Waals surface area contributed by atoms with Crippen molar-refractivity contribution in [3.8, 4) is 17.7 Å². The van der Waals surface area contributed by atoms with Crippen molar-refractivity contribution in [1.29, 1.82) is 5.26 Å². The molecular formula is C13H10BrN3O. The minimum atomic E-state index is 0.168. The molecule has 2 N–H and O–H groups in total. The topological polar surface area (TPSA) is 71.9 Å². The van der Waals surface area contributed by atoms with Crippen molar-refractivity contribution in [1.82, 2.24) is 4.98 Å². The fourth-order valence-electron chi connectivity index (χ4n) is 1.40. The van der Waals surface area contributed by atoms with Gasteiger partial charge in [-0.3, -0.25) is 0 Å². The van der Waals surface area contributed by atoms with Gasteiger partial charge in [0.25, 0.3) is 0 Å². The van der Waals surface area contributed by atoms with Gasteiger partial charge in [-0.2, -0.15) is 5.26 Å². The van der Waals surface area contributed by atoms with Gasteiger partial charge in [0.2, 0.25) is 5.88 Å². The Morgan fingerprint density at radius 1 is 1.33 bits per heavy atom. The van der Waals surface area contributed by atoms with Crippen LogP contribution in [0.4, 0.5) is 5.69 Å². The summed E-state index contributed by atoms with van der Waals surface area (Å²) in [7, 11) is 0. The van der Waals surface area contributed by atoms with E-state index in [4.69, 9.17) is 15.7 Å². The minimum absolute atomic E-state index is 0.168. The summed E-state index contributed by atoms with van der Waals surface area (Å²) in [6.45, 7) is 1.97. The maximum Gasteiger partial charge on any atom is 0.220 e. The fraction of sp³-hybridized carbons (Fsp3) is 0.0769. The lowest BCUT2D eigenvalue weighted by Crippen LogP contribution is -1.96. The quantitative estimate of drug-likeness (QED) is 0.923. The molecule has 5 heteroatoms. The smallest absolute Gasteiger partial charge is 0.220 e. The van der Waals surface area contributed by atoms with E-state index in [1.54, 1.807) is 12.1 Å². The van der Waals surface area contributed by atoms with E-state index in [1.807, 2.05) is 31.2 Å². The standard InChI is InChI=1S/C13H10BrN3O/c1-8-6-9(2-3-10(8)14)18-13-5-4-11(16)12(7-15)17-13/h2-6H,16H2,1H3. The molecule has 0 saturated heterocycles. The maximum absolute atomic E-state index is 8.84. The Kier molecular flexibility index (Phi) is 3.49. The van der Waals surface area contributed by atoms with Gasteiger partial charge < -0.3 is 10.5 Å². The molecule has 90 valence electrons. The number of hydrogen-bond acceptors (Lipinski definition) is 4. The number of aryl methyl sites for hydroxylation is 1. The van der Waals surface area contributed by atoms with E-state index >= 15 is 0 Å². The summed E-state index contributed by atoms with van der Waals surface area (Å²) >= 11 is 3.42. The van der Waals surface area contributed by atoms with Crippen LogP contribution >= 0.6 is 15.9 Å². The summed E-state index contributed by atoms with van der Waals surface area (Å²) in [5.41, 5.74) is 7.16. The van der Waals surface area contributed by atoms with Gasteiger partial charge in [0.15, 0.2) is 5.69 Å². The summed E-state index contributed by atoms with van der Waals surface area (Å²) in [5.74, 6) is 1.01. The number of benzene rings is 1. The Morgan fingerprint density at radius 3 is 2.78 bits per heavy atom. The molecule has 1 aromatic heterocycles. The number of nitrogens with two attached hydrogens (primary N) is 1. The molecule has 0 radical (unpaired) electrons. The van der Waals surface area contributed by atoms with Crippen molar-refractivity contribution in [3.05, 3.63) is 46.1 Å². The lowest BCUT2D eigenvalue weighted by Gasteiger charge is -2.07. The number of aromatic nitrogens is 1. The number of ether oxygens (including phenoxy) is 1. The molecule has 18 heavy (non-hydrogen) atoms. The predicted molar refractivity (Wildman–Crippen MR) is 72.3 cm³/mol. The molecule has 0 saturated carbocycles. The minimum Gasteiger partial charge on any atom is -0.439 e. The van der Waals surface area contributed by atoms with Crippen molar-refractivity contribution in [3.63, 3.8) is 0 Å². The molecule has 0 spiro atoms. The number of rotatable bonds is 2. The number of nitriles is 1. The molecule has 4 nitrogen and oxygen atoms in total. The average molecular weight is 304 g/mol. The summed E-state index contributed by atoms with van der Waals surface area (Å²) in [6, 6.07) is 10.8. The van der Waals surface area contributed by atoms with Crippen LogP contribution in [0, 0.1) is 18.3 Å². The summed E-state index contributed by atoms with van der Waals surface area (Å²) in [4.78, 5) is 4.02. The van der Waals surface area contributed by atoms with Crippen LogP contribution in [0.2, 0.25) is 0 Å². The van der Waals surface area contributed by atoms with Crippen LogP contribution in [0.1, 0.15) is 11.3 Å². The largest absolute Gasteiger partial charge is 0.439 e. The van der Waals surface area contributed by atoms with Gasteiger partial charge >= 0.3 is 0 Å². The van der Waals surface area contributed by atoms with E-state index in [0.29, 0.717) is 17.3 Å². The second kappa shape index (κ2) is 5.07. The number of halogens is 1. The molecule has 2 rings (SSSR count). The zero-order valence-electron chi connectivity index (χ0n) is 9.64. The van der Waals surface area contributed by atoms with Crippen LogP contribution in [0.3, 0.4) is 0 Å². The van der Waals surface area contributed by atoms with Gasteiger partial charge in [0.1, 0.15) is 11.8 Å². The van der Waals surface area contributed by atoms with Gasteiger partial charge in [0, 0.05) is 10.5 Å². The first-order valence-electron chi connectivity index (χ1n) is 5.21. The molecule has 0 unspecified atom stereocenters. The summed E-state index contributed by atoms with van der Waals surface area (Å²) < 4.78 is 6.58. The van der Waals surface area contributed by atoms with Crippen LogP contribution in [-0.2, 0) is 0 Å². The van der Waals surface area contributed by atoms with Gasteiger partial charge in [-0.15, -0.1) is 0 Å². The van der Waals surface area contributed by atoms with Crippen molar-refractivity contribution in [2.24, 2.45) is 0 Å². The van der Waals surface area contributed by atoms with E-state index in [1.165, 1.54) is 0 Å². The molecule has 0 amide bonds. The van der Waals surface area contributed by atoms with Crippen LogP contribution in [0.25, 0.3) is 0 Å². The Labute approximate surface area is 113 Å². The first kappa shape index (κ1) is 12.4. The van der Waals surface area contributed by atoms with Gasteiger partial charge in [-0.25, -0.2) is 4.98 Å². The lowest BCUT2D eigenvalue weighted by molar-refractivity contribution is 0.462. The van der Waals surface area contributed by atoms with Crippen molar-refractivity contribution in [2.75, 3.05) is 5.73 Å². The second-order valence-corrected chi connectivity index (χ2v) is 4.57. The Morgan fingerprint density at radius 2 is 2.11 bits per heavy atom. The average Bonchev–Trinajstić information content (AvgIpc) is 2.36. The highest BCUT2D eigenvalue weighted by Gasteiger charge is 2.05. The number of pyridine rings is 1. The van der Waals surface area contributed by atoms with Gasteiger partial charge in [-0.05, 0) is 36.8 Å². The van der Waals surface area contributed by atoms with E-state index in [9.17, 15) is 0 Å². The first-order chi connectivity index (χ1) is 8.60. The normalized spacial score (nSPS) is 9.83. The van der Waals surface area contributed by atoms with Gasteiger partial charge in [0.05, 0.1) is 5.69 Å². The zero-order valence-corrected chi connectivity index (χ0v) is 11.2. The first-order valence-corrected chi connectivity index (χ1v) is 6.00. The van der Waals surface area contributed by atoms with E-state index in [-0.39, 0.29) is 5.69 Å². The monoisotopic (exact) mass is 303 g/mol. The van der Waals surface area contributed by atoms with E-state index in [2.05, 4.69) is 20.9 Å². The molecule has 1 heterocycles. The number of anilines is 1. The SMILES string of the molecule is Cc1cc(Oc2ccc(N)c(C#N)n2)ccc1Br. The van der Waals surface area contributed by atoms with Crippen LogP contribution in [0.15, 0.2) is 34.8 Å². The van der Waals surface area contributed by atoms with Crippen LogP contribution < -0.4 is 10.5 Å². The van der Waals surface area contributed by atoms with E-state index < -0.39 is 0 Å². The number of nitrogens with zero attached hydrogens (tertiary/aromatic N) is 2. The summed E-state index contributed by atoms with van der Waals surface area (Å²) in [5, 5.41) is 8.84. The van der Waals surface area contributed by atoms with Crippen molar-refractivity contribution < 1.29 is 4.74 Å². The highest BCUT2D eigenvalue weighted by Crippen LogP contribution is 2.26. The Hall–Kier alpha value is -2.06. The molecule has 0 fully saturated rings. The Balaban J connectivity index is 2.29. The zero-order chi connectivity index (χ0) is 13.1. The molecule has 2 aromatic rings. The molecule has 0 bridgehead atoms. The third-order valence-electron chi connectivity index (χ3n) is 2.36. The molecular weight excluding hydrogens is 294 g/mol. The lowest BCUT2D eigenvalue weighted by atomic mass is 10.2. The van der Waals surface area contributed by atoms with Crippen LogP contribution in [0.5, 0.6) is 11.6 Å². The molecule has 0 aliphatic heterocycles.